The highest BCUT2D eigenvalue weighted by Gasteiger charge is 2.29. The number of nitrogen functional groups attached to an aromatic ring is 2. The van der Waals surface area contributed by atoms with Gasteiger partial charge in [-0.1, -0.05) is 13.0 Å². The topological polar surface area (TPSA) is 109 Å². The fourth-order valence-corrected chi connectivity index (χ4v) is 3.55. The summed E-state index contributed by atoms with van der Waals surface area (Å²) in [5.41, 5.74) is 13.4. The predicted molar refractivity (Wildman–Crippen MR) is 104 cm³/mol. The number of nitrogens with zero attached hydrogens (tertiary/aromatic N) is 3. The highest BCUT2D eigenvalue weighted by atomic mass is 16.5. The van der Waals surface area contributed by atoms with Crippen LogP contribution in [0.4, 0.5) is 11.8 Å². The highest BCUT2D eigenvalue weighted by molar-refractivity contribution is 5.97. The van der Waals surface area contributed by atoms with Crippen molar-refractivity contribution in [2.75, 3.05) is 18.1 Å². The normalized spacial score (nSPS) is 15.7. The molecule has 0 amide bonds. The number of pyridine rings is 1. The Morgan fingerprint density at radius 2 is 2.00 bits per heavy atom. The van der Waals surface area contributed by atoms with Crippen LogP contribution in [0.2, 0.25) is 0 Å². The molecule has 2 aromatic carbocycles. The third-order valence-corrected chi connectivity index (χ3v) is 4.80. The largest absolute Gasteiger partial charge is 0.492 e. The zero-order chi connectivity index (χ0) is 18.5. The Morgan fingerprint density at radius 3 is 2.89 bits per heavy atom. The summed E-state index contributed by atoms with van der Waals surface area (Å²) in [6.45, 7) is 2.64. The van der Waals surface area contributed by atoms with Gasteiger partial charge in [-0.05, 0) is 23.6 Å². The monoisotopic (exact) mass is 359 g/mol. The fourth-order valence-electron chi connectivity index (χ4n) is 3.55. The van der Waals surface area contributed by atoms with Crippen molar-refractivity contribution in [3.63, 3.8) is 0 Å². The third-order valence-electron chi connectivity index (χ3n) is 4.80. The molecule has 0 saturated heterocycles. The Morgan fingerprint density at radius 1 is 1.11 bits per heavy atom. The molecule has 5 rings (SSSR count). The predicted octanol–water partition coefficient (Wildman–Crippen LogP) is 3.63. The van der Waals surface area contributed by atoms with Crippen molar-refractivity contribution in [2.24, 2.45) is 0 Å². The molecule has 1 atom stereocenters. The summed E-state index contributed by atoms with van der Waals surface area (Å²) in [6, 6.07) is 9.71. The van der Waals surface area contributed by atoms with Crippen LogP contribution in [0, 0.1) is 0 Å². The smallest absolute Gasteiger partial charge is 0.222 e. The zero-order valence-electron chi connectivity index (χ0n) is 14.6. The molecule has 0 spiro atoms. The van der Waals surface area contributed by atoms with E-state index in [4.69, 9.17) is 20.9 Å². The van der Waals surface area contributed by atoms with E-state index >= 15 is 0 Å². The highest BCUT2D eigenvalue weighted by Crippen LogP contribution is 2.48. The number of benzene rings is 2. The lowest BCUT2D eigenvalue weighted by atomic mass is 9.99. The van der Waals surface area contributed by atoms with Gasteiger partial charge in [-0.2, -0.15) is 4.98 Å². The van der Waals surface area contributed by atoms with Gasteiger partial charge in [0.25, 0.3) is 0 Å². The second-order valence-corrected chi connectivity index (χ2v) is 6.68. The van der Waals surface area contributed by atoms with Crippen molar-refractivity contribution in [2.45, 2.75) is 12.8 Å². The number of nitrogens with two attached hydrogens (primary N) is 2. The van der Waals surface area contributed by atoms with Gasteiger partial charge in [0.15, 0.2) is 0 Å². The van der Waals surface area contributed by atoms with Gasteiger partial charge in [0, 0.05) is 35.3 Å². The van der Waals surface area contributed by atoms with E-state index in [2.05, 4.69) is 21.9 Å². The molecule has 27 heavy (non-hydrogen) atoms. The Hall–Kier alpha value is -3.61. The third kappa shape index (κ3) is 2.47. The molecule has 0 radical (unpaired) electrons. The Kier molecular flexibility index (Phi) is 3.30. The molecule has 4 N–H and O–H groups in total. The molecule has 4 aromatic rings. The molecular formula is C20H17N5O2. The van der Waals surface area contributed by atoms with Crippen LogP contribution in [-0.4, -0.2) is 21.6 Å². The summed E-state index contributed by atoms with van der Waals surface area (Å²) >= 11 is 0. The second-order valence-electron chi connectivity index (χ2n) is 6.68. The minimum atomic E-state index is 0.119. The van der Waals surface area contributed by atoms with E-state index in [0.717, 1.165) is 16.3 Å². The van der Waals surface area contributed by atoms with Gasteiger partial charge in [0.1, 0.15) is 23.1 Å². The molecule has 0 saturated carbocycles. The summed E-state index contributed by atoms with van der Waals surface area (Å²) < 4.78 is 12.1. The SMILES string of the molecule is CC1COc2c1c(Oc1ccc3ccncc3c1)cc1nc(N)nc(N)c21. The molecular weight excluding hydrogens is 342 g/mol. The van der Waals surface area contributed by atoms with E-state index in [9.17, 15) is 0 Å². The Bertz CT molecular complexity index is 1210. The summed E-state index contributed by atoms with van der Waals surface area (Å²) in [6.07, 6.45) is 3.58. The maximum Gasteiger partial charge on any atom is 0.222 e. The van der Waals surface area contributed by atoms with E-state index in [0.29, 0.717) is 40.6 Å². The first-order chi connectivity index (χ1) is 13.1. The minimum absolute atomic E-state index is 0.119. The van der Waals surface area contributed by atoms with Gasteiger partial charge in [-0.3, -0.25) is 4.98 Å². The average Bonchev–Trinajstić information content (AvgIpc) is 3.03. The van der Waals surface area contributed by atoms with Gasteiger partial charge in [0.05, 0.1) is 17.5 Å². The van der Waals surface area contributed by atoms with Gasteiger partial charge in [-0.25, -0.2) is 4.98 Å². The molecule has 3 heterocycles. The van der Waals surface area contributed by atoms with Crippen LogP contribution >= 0.6 is 0 Å². The van der Waals surface area contributed by atoms with E-state index in [1.54, 1.807) is 6.20 Å². The maximum absolute atomic E-state index is 6.24. The summed E-state index contributed by atoms with van der Waals surface area (Å²) in [4.78, 5) is 12.5. The number of hydrogen-bond acceptors (Lipinski definition) is 7. The first-order valence-corrected chi connectivity index (χ1v) is 8.64. The van der Waals surface area contributed by atoms with Crippen LogP contribution in [-0.2, 0) is 0 Å². The first kappa shape index (κ1) is 15.6. The van der Waals surface area contributed by atoms with Crippen LogP contribution in [0.25, 0.3) is 21.7 Å². The molecule has 0 aliphatic carbocycles. The average molecular weight is 359 g/mol. The molecule has 1 aliphatic rings. The van der Waals surface area contributed by atoms with Crippen LogP contribution in [0.3, 0.4) is 0 Å². The lowest BCUT2D eigenvalue weighted by Crippen LogP contribution is -2.02. The van der Waals surface area contributed by atoms with E-state index in [-0.39, 0.29) is 11.9 Å². The molecule has 134 valence electrons. The molecule has 1 unspecified atom stereocenters. The van der Waals surface area contributed by atoms with Crippen molar-refractivity contribution in [3.05, 3.63) is 48.3 Å². The number of aromatic nitrogens is 3. The summed E-state index contributed by atoms with van der Waals surface area (Å²) in [5, 5.41) is 2.79. The second kappa shape index (κ2) is 5.70. The number of fused-ring (bicyclic) bond motifs is 4. The van der Waals surface area contributed by atoms with Crippen LogP contribution in [0.5, 0.6) is 17.2 Å². The van der Waals surface area contributed by atoms with Crippen LogP contribution in [0.15, 0.2) is 42.7 Å². The van der Waals surface area contributed by atoms with Gasteiger partial charge in [0.2, 0.25) is 5.95 Å². The van der Waals surface area contributed by atoms with Crippen molar-refractivity contribution in [1.82, 2.24) is 15.0 Å². The van der Waals surface area contributed by atoms with Crippen molar-refractivity contribution < 1.29 is 9.47 Å². The summed E-state index contributed by atoms with van der Waals surface area (Å²) in [7, 11) is 0. The molecule has 0 bridgehead atoms. The van der Waals surface area contributed by atoms with Crippen molar-refractivity contribution in [1.29, 1.82) is 0 Å². The number of hydrogen-bond donors (Lipinski definition) is 2. The minimum Gasteiger partial charge on any atom is -0.492 e. The summed E-state index contributed by atoms with van der Waals surface area (Å²) in [5.74, 6) is 2.67. The molecule has 2 aromatic heterocycles. The molecule has 1 aliphatic heterocycles. The van der Waals surface area contributed by atoms with E-state index in [1.165, 1.54) is 0 Å². The van der Waals surface area contributed by atoms with Crippen molar-refractivity contribution in [3.8, 4) is 17.2 Å². The molecule has 0 fully saturated rings. The van der Waals surface area contributed by atoms with Gasteiger partial charge in [-0.15, -0.1) is 0 Å². The quantitative estimate of drug-likeness (QED) is 0.562. The number of rotatable bonds is 2. The van der Waals surface area contributed by atoms with Gasteiger partial charge >= 0.3 is 0 Å². The molecule has 7 nitrogen and oxygen atoms in total. The standard InChI is InChI=1S/C20H17N5O2/c1-10-9-26-18-16(10)15(7-14-17(18)19(21)25-20(22)24-14)27-13-3-2-11-4-5-23-8-12(11)6-13/h2-8,10H,9H2,1H3,(H4,21,22,24,25). The Balaban J connectivity index is 1.69. The molecule has 7 heteroatoms. The van der Waals surface area contributed by atoms with Crippen LogP contribution in [0.1, 0.15) is 18.4 Å². The first-order valence-electron chi connectivity index (χ1n) is 8.64. The fraction of sp³-hybridized carbons (Fsp3) is 0.150. The van der Waals surface area contributed by atoms with E-state index in [1.807, 2.05) is 36.5 Å². The van der Waals surface area contributed by atoms with Gasteiger partial charge < -0.3 is 20.9 Å². The maximum atomic E-state index is 6.24. The number of ether oxygens (including phenoxy) is 2. The lowest BCUT2D eigenvalue weighted by molar-refractivity contribution is 0.340. The van der Waals surface area contributed by atoms with Crippen molar-refractivity contribution >= 4 is 33.4 Å². The number of anilines is 2. The lowest BCUT2D eigenvalue weighted by Gasteiger charge is -2.14. The van der Waals surface area contributed by atoms with Crippen LogP contribution < -0.4 is 20.9 Å². The van der Waals surface area contributed by atoms with E-state index < -0.39 is 0 Å². The Labute approximate surface area is 155 Å². The zero-order valence-corrected chi connectivity index (χ0v) is 14.6.